The molecule has 0 aromatic heterocycles. The molecule has 2 unspecified atom stereocenters. The van der Waals surface area contributed by atoms with Crippen molar-refractivity contribution < 1.29 is 18.4 Å². The summed E-state index contributed by atoms with van der Waals surface area (Å²) in [5, 5.41) is 0. The van der Waals surface area contributed by atoms with Gasteiger partial charge in [0.1, 0.15) is 12.2 Å². The third-order valence-corrected chi connectivity index (χ3v) is 3.07. The summed E-state index contributed by atoms with van der Waals surface area (Å²) in [7, 11) is 7.81. The maximum Gasteiger partial charge on any atom is 0.257 e. The zero-order chi connectivity index (χ0) is 9.84. The van der Waals surface area contributed by atoms with E-state index in [0.717, 1.165) is 6.42 Å². The summed E-state index contributed by atoms with van der Waals surface area (Å²) < 4.78 is 21.0. The average Bonchev–Trinajstić information content (AvgIpc) is 2.54. The summed E-state index contributed by atoms with van der Waals surface area (Å²) in [6.45, 7) is 0. The molecule has 0 radical (unpaired) electrons. The fraction of sp³-hybridized carbons (Fsp3) is 1.00. The highest BCUT2D eigenvalue weighted by Crippen LogP contribution is 2.31. The molecule has 0 bridgehead atoms. The van der Waals surface area contributed by atoms with Crippen LogP contribution in [0.1, 0.15) is 6.42 Å². The van der Waals surface area contributed by atoms with E-state index >= 15 is 0 Å². The van der Waals surface area contributed by atoms with Crippen molar-refractivity contribution in [2.45, 2.75) is 30.8 Å². The van der Waals surface area contributed by atoms with Gasteiger partial charge in [0.05, 0.1) is 12.2 Å². The molecule has 6 atom stereocenters. The lowest BCUT2D eigenvalue weighted by atomic mass is 10.2. The van der Waals surface area contributed by atoms with Gasteiger partial charge in [-0.2, -0.15) is 0 Å². The van der Waals surface area contributed by atoms with Crippen LogP contribution in [0.3, 0.4) is 0 Å². The Balaban J connectivity index is 2.65. The second-order valence-corrected chi connectivity index (χ2v) is 3.53. The Hall–Kier alpha value is 0.830. The van der Waals surface area contributed by atoms with E-state index in [9.17, 15) is 0 Å². The quantitative estimate of drug-likeness (QED) is 0.433. The monoisotopic (exact) mass is 222 g/mol. The first-order valence-corrected chi connectivity index (χ1v) is 4.99. The van der Waals surface area contributed by atoms with Gasteiger partial charge in [-0.05, 0) is 0 Å². The molecule has 0 aromatic carbocycles. The van der Waals surface area contributed by atoms with Gasteiger partial charge in [0.25, 0.3) is 16.1 Å². The first-order chi connectivity index (χ1) is 6.28. The normalized spacial score (nSPS) is 39.5. The highest BCUT2D eigenvalue weighted by atomic mass is 31.0. The Kier molecular flexibility index (Phi) is 5.17. The molecule has 1 fully saturated rings. The summed E-state index contributed by atoms with van der Waals surface area (Å²) >= 11 is 0. The molecule has 4 nitrogen and oxygen atoms in total. The minimum atomic E-state index is -0.0857. The molecule has 0 heterocycles. The first kappa shape index (κ1) is 11.9. The SMILES string of the molecule is BO[C@H]1C[C@@H](OB)[C@@H](OP)[C@H]1OP. The summed E-state index contributed by atoms with van der Waals surface area (Å²) in [5.74, 6) is 0. The average molecular weight is 222 g/mol. The molecule has 1 saturated carbocycles. The van der Waals surface area contributed by atoms with E-state index in [4.69, 9.17) is 18.4 Å². The molecule has 13 heavy (non-hydrogen) atoms. The standard InChI is InChI=1S/C5H14B2O4P2/c6-8-2-1-3(9-7)5(11-13)4(2)10-12/h2-5H,1,6-7,12-13H2/t2-,3+,4-,5+. The van der Waals surface area contributed by atoms with Crippen molar-refractivity contribution in [1.29, 1.82) is 0 Å². The molecule has 1 aliphatic carbocycles. The lowest BCUT2D eigenvalue weighted by Crippen LogP contribution is -2.35. The molecule has 1 aliphatic rings. The smallest absolute Gasteiger partial charge is 0.257 e. The van der Waals surface area contributed by atoms with Crippen LogP contribution in [-0.2, 0) is 18.4 Å². The highest BCUT2D eigenvalue weighted by Gasteiger charge is 2.44. The Morgan fingerprint density at radius 1 is 0.923 bits per heavy atom. The second-order valence-electron chi connectivity index (χ2n) is 2.99. The lowest BCUT2D eigenvalue weighted by Gasteiger charge is -2.22. The molecule has 0 aromatic rings. The van der Waals surface area contributed by atoms with Crippen molar-refractivity contribution in [2.75, 3.05) is 0 Å². The van der Waals surface area contributed by atoms with Gasteiger partial charge >= 0.3 is 0 Å². The van der Waals surface area contributed by atoms with Crippen LogP contribution < -0.4 is 0 Å². The topological polar surface area (TPSA) is 36.9 Å². The number of hydrogen-bond donors (Lipinski definition) is 0. The van der Waals surface area contributed by atoms with Gasteiger partial charge in [-0.25, -0.2) is 0 Å². The van der Waals surface area contributed by atoms with Crippen LogP contribution in [-0.4, -0.2) is 40.5 Å². The van der Waals surface area contributed by atoms with Crippen LogP contribution in [0, 0.1) is 0 Å². The Labute approximate surface area is 84.9 Å². The largest absolute Gasteiger partial charge is 0.438 e. The molecule has 0 spiro atoms. The number of hydrogen-bond acceptors (Lipinski definition) is 4. The van der Waals surface area contributed by atoms with Crippen LogP contribution in [0.4, 0.5) is 0 Å². The first-order valence-electron chi connectivity index (χ1n) is 4.05. The molecule has 0 N–H and O–H groups in total. The van der Waals surface area contributed by atoms with Crippen molar-refractivity contribution in [3.8, 4) is 0 Å². The van der Waals surface area contributed by atoms with Crippen molar-refractivity contribution >= 4 is 35.0 Å². The minimum Gasteiger partial charge on any atom is -0.438 e. The van der Waals surface area contributed by atoms with Gasteiger partial charge < -0.3 is 18.4 Å². The molecular weight excluding hydrogens is 208 g/mol. The van der Waals surface area contributed by atoms with Crippen LogP contribution in [0.15, 0.2) is 0 Å². The maximum absolute atomic E-state index is 5.27. The Morgan fingerprint density at radius 2 is 1.31 bits per heavy atom. The zero-order valence-electron chi connectivity index (χ0n) is 7.80. The van der Waals surface area contributed by atoms with Gasteiger partial charge in [-0.1, -0.05) is 0 Å². The van der Waals surface area contributed by atoms with E-state index in [2.05, 4.69) is 18.9 Å². The molecule has 1 rings (SSSR count). The van der Waals surface area contributed by atoms with Crippen LogP contribution in [0.25, 0.3) is 0 Å². The van der Waals surface area contributed by atoms with Gasteiger partial charge in [0.2, 0.25) is 0 Å². The molecule has 8 heteroatoms. The maximum atomic E-state index is 5.27. The Morgan fingerprint density at radius 3 is 1.54 bits per heavy atom. The zero-order valence-corrected chi connectivity index (χ0v) is 10.1. The van der Waals surface area contributed by atoms with E-state index < -0.39 is 0 Å². The number of rotatable bonds is 4. The van der Waals surface area contributed by atoms with Crippen molar-refractivity contribution in [3.05, 3.63) is 0 Å². The summed E-state index contributed by atoms with van der Waals surface area (Å²) in [6, 6.07) is 0. The van der Waals surface area contributed by atoms with Crippen LogP contribution >= 0.6 is 18.9 Å². The summed E-state index contributed by atoms with van der Waals surface area (Å²) in [6.07, 6.45) is 0.696. The van der Waals surface area contributed by atoms with Crippen molar-refractivity contribution in [2.24, 2.45) is 0 Å². The fourth-order valence-corrected chi connectivity index (χ4v) is 2.37. The van der Waals surface area contributed by atoms with E-state index in [1.807, 2.05) is 0 Å². The fourth-order valence-electron chi connectivity index (χ4n) is 1.71. The Bertz CT molecular complexity index is 147. The summed E-state index contributed by atoms with van der Waals surface area (Å²) in [4.78, 5) is 0. The van der Waals surface area contributed by atoms with Crippen molar-refractivity contribution in [3.63, 3.8) is 0 Å². The third kappa shape index (κ3) is 2.44. The predicted octanol–water partition coefficient (Wildman–Crippen LogP) is -1.39. The van der Waals surface area contributed by atoms with E-state index in [1.54, 1.807) is 16.1 Å². The van der Waals surface area contributed by atoms with Crippen LogP contribution in [0.5, 0.6) is 0 Å². The van der Waals surface area contributed by atoms with E-state index in [1.165, 1.54) is 0 Å². The van der Waals surface area contributed by atoms with Gasteiger partial charge in [-0.15, -0.1) is 0 Å². The molecule has 0 amide bonds. The van der Waals surface area contributed by atoms with Crippen LogP contribution in [0.2, 0.25) is 0 Å². The lowest BCUT2D eigenvalue weighted by molar-refractivity contribution is 0.0191. The third-order valence-electron chi connectivity index (χ3n) is 2.44. The second kappa shape index (κ2) is 5.65. The van der Waals surface area contributed by atoms with Gasteiger partial charge in [0, 0.05) is 25.4 Å². The summed E-state index contributed by atoms with van der Waals surface area (Å²) in [5.41, 5.74) is 0. The van der Waals surface area contributed by atoms with Gasteiger partial charge in [0.15, 0.2) is 0 Å². The molecule has 0 aliphatic heterocycles. The van der Waals surface area contributed by atoms with Gasteiger partial charge in [-0.3, -0.25) is 0 Å². The highest BCUT2D eigenvalue weighted by molar-refractivity contribution is 7.10. The van der Waals surface area contributed by atoms with E-state index in [-0.39, 0.29) is 24.4 Å². The molecular formula is C5H14B2O4P2. The minimum absolute atomic E-state index is 0.0352. The molecule has 0 saturated heterocycles. The molecule has 74 valence electrons. The predicted molar refractivity (Wildman–Crippen MR) is 60.6 cm³/mol. The van der Waals surface area contributed by atoms with E-state index in [0.29, 0.717) is 0 Å². The van der Waals surface area contributed by atoms with Crippen molar-refractivity contribution in [1.82, 2.24) is 0 Å².